The summed E-state index contributed by atoms with van der Waals surface area (Å²) in [6.07, 6.45) is 2.23. The maximum Gasteiger partial charge on any atom is 0.317 e. The third-order valence-corrected chi connectivity index (χ3v) is 5.61. The predicted octanol–water partition coefficient (Wildman–Crippen LogP) is 3.54. The van der Waals surface area contributed by atoms with Gasteiger partial charge in [-0.05, 0) is 43.4 Å². The Balaban J connectivity index is 1.61. The van der Waals surface area contributed by atoms with Gasteiger partial charge in [0.2, 0.25) is 5.91 Å². The fourth-order valence-electron chi connectivity index (χ4n) is 4.06. The van der Waals surface area contributed by atoms with Crippen LogP contribution in [-0.4, -0.2) is 43.6 Å². The minimum absolute atomic E-state index is 0.00428. The van der Waals surface area contributed by atoms with Crippen molar-refractivity contribution in [3.05, 3.63) is 65.7 Å². The van der Waals surface area contributed by atoms with E-state index in [0.717, 1.165) is 29.7 Å². The topological polar surface area (TPSA) is 70.7 Å². The molecule has 3 amide bonds. The van der Waals surface area contributed by atoms with Crippen LogP contribution in [0.2, 0.25) is 0 Å². The minimum Gasteiger partial charge on any atom is -0.496 e. The lowest BCUT2D eigenvalue weighted by Crippen LogP contribution is -2.50. The van der Waals surface area contributed by atoms with Crippen molar-refractivity contribution in [3.8, 4) is 5.75 Å². The standard InChI is InChI=1S/C24H31N3O3/c1-3-25-24(29)27-17-20(13-14-21(27)18-9-5-4-6-10-18)23(28)26-16-15-19-11-7-8-12-22(19)30-2/h4-12,20-21H,3,13-17H2,1-2H3,(H,25,29)(H,26,28). The second-order valence-corrected chi connectivity index (χ2v) is 7.54. The van der Waals surface area contributed by atoms with Gasteiger partial charge >= 0.3 is 6.03 Å². The Kier molecular flexibility index (Phi) is 7.71. The molecule has 1 heterocycles. The van der Waals surface area contributed by atoms with E-state index in [1.165, 1.54) is 0 Å². The van der Waals surface area contributed by atoms with Crippen LogP contribution in [0.4, 0.5) is 4.79 Å². The normalized spacial score (nSPS) is 18.5. The summed E-state index contributed by atoms with van der Waals surface area (Å²) in [5.74, 6) is 0.633. The summed E-state index contributed by atoms with van der Waals surface area (Å²) in [4.78, 5) is 27.3. The lowest BCUT2D eigenvalue weighted by Gasteiger charge is -2.39. The van der Waals surface area contributed by atoms with Crippen LogP contribution in [-0.2, 0) is 11.2 Å². The summed E-state index contributed by atoms with van der Waals surface area (Å²) < 4.78 is 5.37. The Morgan fingerprint density at radius 2 is 1.77 bits per heavy atom. The highest BCUT2D eigenvalue weighted by Crippen LogP contribution is 2.33. The van der Waals surface area contributed by atoms with Crippen LogP contribution in [0.15, 0.2) is 54.6 Å². The first-order chi connectivity index (χ1) is 14.6. The number of ether oxygens (including phenoxy) is 1. The van der Waals surface area contributed by atoms with Crippen LogP contribution in [0.25, 0.3) is 0 Å². The van der Waals surface area contributed by atoms with Crippen LogP contribution in [0.5, 0.6) is 5.75 Å². The molecule has 1 saturated heterocycles. The molecule has 0 bridgehead atoms. The van der Waals surface area contributed by atoms with Gasteiger partial charge in [-0.15, -0.1) is 0 Å². The Morgan fingerprint density at radius 1 is 1.03 bits per heavy atom. The van der Waals surface area contributed by atoms with Gasteiger partial charge in [-0.2, -0.15) is 0 Å². The van der Waals surface area contributed by atoms with Gasteiger partial charge in [-0.3, -0.25) is 4.79 Å². The number of rotatable bonds is 7. The van der Waals surface area contributed by atoms with Gasteiger partial charge in [-0.1, -0.05) is 48.5 Å². The average molecular weight is 410 g/mol. The molecule has 2 atom stereocenters. The second-order valence-electron chi connectivity index (χ2n) is 7.54. The quantitative estimate of drug-likeness (QED) is 0.735. The van der Waals surface area contributed by atoms with E-state index in [0.29, 0.717) is 26.1 Å². The van der Waals surface area contributed by atoms with Crippen molar-refractivity contribution in [1.29, 1.82) is 0 Å². The number of hydrogen-bond acceptors (Lipinski definition) is 3. The third-order valence-electron chi connectivity index (χ3n) is 5.61. The van der Waals surface area contributed by atoms with Crippen molar-refractivity contribution < 1.29 is 14.3 Å². The van der Waals surface area contributed by atoms with Gasteiger partial charge in [0, 0.05) is 19.6 Å². The van der Waals surface area contributed by atoms with Crippen molar-refractivity contribution in [2.24, 2.45) is 5.92 Å². The first kappa shape index (κ1) is 21.7. The van der Waals surface area contributed by atoms with E-state index < -0.39 is 0 Å². The highest BCUT2D eigenvalue weighted by molar-refractivity contribution is 5.81. The molecule has 2 aromatic carbocycles. The molecule has 6 heteroatoms. The van der Waals surface area contributed by atoms with E-state index in [1.54, 1.807) is 7.11 Å². The van der Waals surface area contributed by atoms with Crippen LogP contribution in [0, 0.1) is 5.92 Å². The molecule has 6 nitrogen and oxygen atoms in total. The molecule has 160 valence electrons. The number of para-hydroxylation sites is 1. The fraction of sp³-hybridized carbons (Fsp3) is 0.417. The molecule has 30 heavy (non-hydrogen) atoms. The van der Waals surface area contributed by atoms with Crippen LogP contribution < -0.4 is 15.4 Å². The summed E-state index contributed by atoms with van der Waals surface area (Å²) in [6.45, 7) is 3.43. The number of piperidine rings is 1. The number of urea groups is 1. The molecule has 2 N–H and O–H groups in total. The minimum atomic E-state index is -0.203. The Labute approximate surface area is 178 Å². The van der Waals surface area contributed by atoms with E-state index in [4.69, 9.17) is 4.74 Å². The zero-order valence-corrected chi connectivity index (χ0v) is 17.8. The lowest BCUT2D eigenvalue weighted by atomic mass is 9.88. The van der Waals surface area contributed by atoms with E-state index in [-0.39, 0.29) is 23.9 Å². The maximum atomic E-state index is 12.8. The van der Waals surface area contributed by atoms with E-state index in [2.05, 4.69) is 10.6 Å². The van der Waals surface area contributed by atoms with E-state index in [1.807, 2.05) is 66.4 Å². The van der Waals surface area contributed by atoms with Gasteiger partial charge in [0.05, 0.1) is 19.1 Å². The zero-order chi connectivity index (χ0) is 21.3. The molecule has 0 spiro atoms. The number of likely N-dealkylation sites (tertiary alicyclic amines) is 1. The molecule has 0 aliphatic carbocycles. The van der Waals surface area contributed by atoms with Crippen molar-refractivity contribution in [2.75, 3.05) is 26.7 Å². The summed E-state index contributed by atoms with van der Waals surface area (Å²) in [5, 5.41) is 5.94. The number of nitrogens with one attached hydrogen (secondary N) is 2. The number of amides is 3. The smallest absolute Gasteiger partial charge is 0.317 e. The van der Waals surface area contributed by atoms with Crippen molar-refractivity contribution in [1.82, 2.24) is 15.5 Å². The Bertz CT molecular complexity index is 841. The van der Waals surface area contributed by atoms with Crippen LogP contribution in [0.3, 0.4) is 0 Å². The van der Waals surface area contributed by atoms with Gasteiger partial charge in [0.1, 0.15) is 5.75 Å². The Morgan fingerprint density at radius 3 is 2.50 bits per heavy atom. The molecule has 1 fully saturated rings. The highest BCUT2D eigenvalue weighted by Gasteiger charge is 2.35. The number of hydrogen-bond donors (Lipinski definition) is 2. The molecule has 1 aliphatic rings. The molecule has 2 aromatic rings. The summed E-state index contributed by atoms with van der Waals surface area (Å²) >= 11 is 0. The number of methoxy groups -OCH3 is 1. The first-order valence-corrected chi connectivity index (χ1v) is 10.6. The maximum absolute atomic E-state index is 12.8. The molecule has 0 aromatic heterocycles. The predicted molar refractivity (Wildman–Crippen MR) is 117 cm³/mol. The Hall–Kier alpha value is -3.02. The highest BCUT2D eigenvalue weighted by atomic mass is 16.5. The molecule has 3 rings (SSSR count). The van der Waals surface area contributed by atoms with Gasteiger partial charge < -0.3 is 20.3 Å². The van der Waals surface area contributed by atoms with Crippen molar-refractivity contribution >= 4 is 11.9 Å². The third kappa shape index (κ3) is 5.32. The monoisotopic (exact) mass is 409 g/mol. The van der Waals surface area contributed by atoms with Crippen LogP contribution in [0.1, 0.15) is 36.9 Å². The largest absolute Gasteiger partial charge is 0.496 e. The molecular formula is C24H31N3O3. The number of nitrogens with zero attached hydrogens (tertiary/aromatic N) is 1. The molecule has 0 radical (unpaired) electrons. The van der Waals surface area contributed by atoms with E-state index >= 15 is 0 Å². The number of benzene rings is 2. The van der Waals surface area contributed by atoms with Gasteiger partial charge in [0.15, 0.2) is 0 Å². The molecular weight excluding hydrogens is 378 g/mol. The fourth-order valence-corrected chi connectivity index (χ4v) is 4.06. The van der Waals surface area contributed by atoms with Gasteiger partial charge in [-0.25, -0.2) is 4.79 Å². The first-order valence-electron chi connectivity index (χ1n) is 10.6. The average Bonchev–Trinajstić information content (AvgIpc) is 2.79. The lowest BCUT2D eigenvalue weighted by molar-refractivity contribution is -0.126. The molecule has 2 unspecified atom stereocenters. The SMILES string of the molecule is CCNC(=O)N1CC(C(=O)NCCc2ccccc2OC)CCC1c1ccccc1. The van der Waals surface area contributed by atoms with Gasteiger partial charge in [0.25, 0.3) is 0 Å². The van der Waals surface area contributed by atoms with E-state index in [9.17, 15) is 9.59 Å². The second kappa shape index (κ2) is 10.7. The number of carbonyl (C=O) groups is 2. The van der Waals surface area contributed by atoms with Crippen molar-refractivity contribution in [3.63, 3.8) is 0 Å². The summed E-state index contributed by atoms with van der Waals surface area (Å²) in [6, 6.07) is 17.8. The van der Waals surface area contributed by atoms with Crippen LogP contribution >= 0.6 is 0 Å². The summed E-state index contributed by atoms with van der Waals surface area (Å²) in [7, 11) is 1.65. The summed E-state index contributed by atoms with van der Waals surface area (Å²) in [5.41, 5.74) is 2.18. The zero-order valence-electron chi connectivity index (χ0n) is 17.8. The van der Waals surface area contributed by atoms with Crippen molar-refractivity contribution in [2.45, 2.75) is 32.2 Å². The number of carbonyl (C=O) groups excluding carboxylic acids is 2. The molecule has 0 saturated carbocycles. The molecule has 1 aliphatic heterocycles.